The van der Waals surface area contributed by atoms with Crippen LogP contribution in [0.5, 0.6) is 0 Å². The summed E-state index contributed by atoms with van der Waals surface area (Å²) in [6.07, 6.45) is 3.07. The molecule has 35 heavy (non-hydrogen) atoms. The van der Waals surface area contributed by atoms with Crippen molar-refractivity contribution in [2.45, 2.75) is 58.5 Å². The Kier molecular flexibility index (Phi) is 6.37. The van der Waals surface area contributed by atoms with Crippen LogP contribution in [-0.4, -0.2) is 31.1 Å². The minimum atomic E-state index is -0.448. The van der Waals surface area contributed by atoms with E-state index in [4.69, 9.17) is 9.47 Å². The number of carbonyl (C=O) groups excluding carboxylic acids is 2. The van der Waals surface area contributed by atoms with Crippen LogP contribution in [0.2, 0.25) is 0 Å². The second kappa shape index (κ2) is 9.46. The molecule has 0 aromatic heterocycles. The maximum Gasteiger partial charge on any atom is 0.336 e. The standard InChI is InChI=1S/C30H33NO4/c1-19-26(29(33)35-18-23-10-7-15-34-23)27(28-24(31-19)16-30(2,3)17-25(28)32)22-13-11-21(12-14-22)20-8-5-4-6-9-20/h4-6,8-9,11-14,23,27,31H,7,10,15-18H2,1-3H3/t23-,27+/m0/s1. The van der Waals surface area contributed by atoms with Crippen LogP contribution in [-0.2, 0) is 19.1 Å². The zero-order chi connectivity index (χ0) is 24.6. The van der Waals surface area contributed by atoms with Gasteiger partial charge in [0.1, 0.15) is 6.61 Å². The van der Waals surface area contributed by atoms with E-state index in [1.54, 1.807) is 0 Å². The fourth-order valence-electron chi connectivity index (χ4n) is 5.56. The number of hydrogen-bond donors (Lipinski definition) is 1. The molecule has 0 amide bonds. The van der Waals surface area contributed by atoms with Crippen molar-refractivity contribution >= 4 is 11.8 Å². The number of carbonyl (C=O) groups is 2. The highest BCUT2D eigenvalue weighted by Gasteiger charge is 2.43. The minimum Gasteiger partial charge on any atom is -0.459 e. The molecule has 0 spiro atoms. The van der Waals surface area contributed by atoms with Crippen molar-refractivity contribution in [3.63, 3.8) is 0 Å². The number of hydrogen-bond acceptors (Lipinski definition) is 5. The number of rotatable bonds is 5. The summed E-state index contributed by atoms with van der Waals surface area (Å²) >= 11 is 0. The Morgan fingerprint density at radius 1 is 1.06 bits per heavy atom. The van der Waals surface area contributed by atoms with Crippen LogP contribution in [0, 0.1) is 5.41 Å². The Morgan fingerprint density at radius 2 is 1.77 bits per heavy atom. The molecular weight excluding hydrogens is 438 g/mol. The summed E-state index contributed by atoms with van der Waals surface area (Å²) in [5.74, 6) is -0.735. The van der Waals surface area contributed by atoms with E-state index in [-0.39, 0.29) is 29.9 Å². The van der Waals surface area contributed by atoms with Gasteiger partial charge in [-0.15, -0.1) is 0 Å². The monoisotopic (exact) mass is 471 g/mol. The normalized spacial score (nSPS) is 23.7. The lowest BCUT2D eigenvalue weighted by molar-refractivity contribution is -0.142. The molecule has 0 unspecified atom stereocenters. The molecule has 1 saturated heterocycles. The third-order valence-corrected chi connectivity index (χ3v) is 7.24. The summed E-state index contributed by atoms with van der Waals surface area (Å²) in [7, 11) is 0. The van der Waals surface area contributed by atoms with Gasteiger partial charge in [-0.25, -0.2) is 4.79 Å². The summed E-state index contributed by atoms with van der Waals surface area (Å²) < 4.78 is 11.4. The van der Waals surface area contributed by atoms with E-state index in [0.29, 0.717) is 24.2 Å². The van der Waals surface area contributed by atoms with Gasteiger partial charge in [-0.3, -0.25) is 4.79 Å². The lowest BCUT2D eigenvalue weighted by Gasteiger charge is -2.39. The Morgan fingerprint density at radius 3 is 2.46 bits per heavy atom. The number of dihydropyridines is 1. The van der Waals surface area contributed by atoms with Crippen LogP contribution in [0.3, 0.4) is 0 Å². The van der Waals surface area contributed by atoms with Crippen LogP contribution in [0.15, 0.2) is 77.1 Å². The van der Waals surface area contributed by atoms with E-state index in [0.717, 1.165) is 47.3 Å². The largest absolute Gasteiger partial charge is 0.459 e. The second-order valence-corrected chi connectivity index (χ2v) is 10.7. The molecule has 0 saturated carbocycles. The van der Waals surface area contributed by atoms with Crippen LogP contribution in [0.25, 0.3) is 11.1 Å². The predicted octanol–water partition coefficient (Wildman–Crippen LogP) is 5.68. The van der Waals surface area contributed by atoms with Crippen molar-refractivity contribution in [2.24, 2.45) is 5.41 Å². The first-order chi connectivity index (χ1) is 16.8. The zero-order valence-electron chi connectivity index (χ0n) is 20.7. The van der Waals surface area contributed by atoms with Crippen LogP contribution >= 0.6 is 0 Å². The van der Waals surface area contributed by atoms with Gasteiger partial charge < -0.3 is 14.8 Å². The highest BCUT2D eigenvalue weighted by molar-refractivity contribution is 6.04. The van der Waals surface area contributed by atoms with E-state index < -0.39 is 5.92 Å². The number of ether oxygens (including phenoxy) is 2. The number of allylic oxidation sites excluding steroid dienone is 3. The molecule has 5 rings (SSSR count). The van der Waals surface area contributed by atoms with Crippen LogP contribution in [0.1, 0.15) is 57.9 Å². The van der Waals surface area contributed by atoms with Gasteiger partial charge in [0, 0.05) is 35.9 Å². The fourth-order valence-corrected chi connectivity index (χ4v) is 5.56. The third-order valence-electron chi connectivity index (χ3n) is 7.24. The van der Waals surface area contributed by atoms with Gasteiger partial charge in [-0.2, -0.15) is 0 Å². The maximum atomic E-state index is 13.5. The van der Waals surface area contributed by atoms with Crippen molar-refractivity contribution < 1.29 is 19.1 Å². The number of esters is 1. The first-order valence-corrected chi connectivity index (χ1v) is 12.5. The average Bonchev–Trinajstić information content (AvgIpc) is 3.35. The molecule has 5 heteroatoms. The highest BCUT2D eigenvalue weighted by Crippen LogP contribution is 2.47. The van der Waals surface area contributed by atoms with Crippen LogP contribution < -0.4 is 5.32 Å². The van der Waals surface area contributed by atoms with Crippen molar-refractivity contribution in [1.82, 2.24) is 5.32 Å². The molecule has 2 aromatic rings. The molecular formula is C30H33NO4. The lowest BCUT2D eigenvalue weighted by Crippen LogP contribution is -2.39. The number of nitrogens with one attached hydrogen (secondary N) is 1. The molecule has 2 aromatic carbocycles. The first kappa shape index (κ1) is 23.6. The topological polar surface area (TPSA) is 64.6 Å². The quantitative estimate of drug-likeness (QED) is 0.569. The lowest BCUT2D eigenvalue weighted by atomic mass is 9.68. The number of benzene rings is 2. The van der Waals surface area contributed by atoms with Crippen molar-refractivity contribution in [3.8, 4) is 11.1 Å². The number of Topliss-reactive ketones (excluding diaryl/α,β-unsaturated/α-hetero) is 1. The van der Waals surface area contributed by atoms with Gasteiger partial charge in [0.25, 0.3) is 0 Å². The summed E-state index contributed by atoms with van der Waals surface area (Å²) in [5.41, 5.74) is 5.92. The second-order valence-electron chi connectivity index (χ2n) is 10.7. The molecule has 1 fully saturated rings. The summed E-state index contributed by atoms with van der Waals surface area (Å²) in [5, 5.41) is 3.41. The molecule has 182 valence electrons. The van der Waals surface area contributed by atoms with E-state index in [1.807, 2.05) is 37.3 Å². The van der Waals surface area contributed by atoms with Crippen molar-refractivity contribution in [1.29, 1.82) is 0 Å². The fraction of sp³-hybridized carbons (Fsp3) is 0.400. The summed E-state index contributed by atoms with van der Waals surface area (Å²) in [6.45, 7) is 7.09. The third kappa shape index (κ3) is 4.83. The van der Waals surface area contributed by atoms with Gasteiger partial charge in [-0.1, -0.05) is 68.4 Å². The smallest absolute Gasteiger partial charge is 0.336 e. The Hall–Kier alpha value is -3.18. The average molecular weight is 472 g/mol. The Balaban J connectivity index is 1.52. The molecule has 0 bridgehead atoms. The van der Waals surface area contributed by atoms with Crippen molar-refractivity contribution in [2.75, 3.05) is 13.2 Å². The van der Waals surface area contributed by atoms with Gasteiger partial charge >= 0.3 is 5.97 Å². The number of ketones is 1. The van der Waals surface area contributed by atoms with Gasteiger partial charge in [0.05, 0.1) is 11.7 Å². The van der Waals surface area contributed by atoms with Crippen LogP contribution in [0.4, 0.5) is 0 Å². The SMILES string of the molecule is CC1=C(C(=O)OC[C@@H]2CCCO2)[C@@H](c2ccc(-c3ccccc3)cc2)C2=C(CC(C)(C)CC2=O)N1. The Bertz CT molecular complexity index is 1180. The zero-order valence-corrected chi connectivity index (χ0v) is 20.7. The molecule has 3 aliphatic rings. The van der Waals surface area contributed by atoms with E-state index in [1.165, 1.54) is 0 Å². The van der Waals surface area contributed by atoms with Crippen molar-refractivity contribution in [3.05, 3.63) is 82.7 Å². The molecule has 1 aliphatic carbocycles. The Labute approximate surface area is 207 Å². The molecule has 2 aliphatic heterocycles. The summed E-state index contributed by atoms with van der Waals surface area (Å²) in [4.78, 5) is 26.9. The van der Waals surface area contributed by atoms with E-state index in [2.05, 4.69) is 43.4 Å². The minimum absolute atomic E-state index is 0.0492. The molecule has 1 N–H and O–H groups in total. The molecule has 0 radical (unpaired) electrons. The highest BCUT2D eigenvalue weighted by atomic mass is 16.6. The van der Waals surface area contributed by atoms with Gasteiger partial charge in [-0.05, 0) is 48.3 Å². The summed E-state index contributed by atoms with van der Waals surface area (Å²) in [6, 6.07) is 18.4. The van der Waals surface area contributed by atoms with E-state index >= 15 is 0 Å². The van der Waals surface area contributed by atoms with E-state index in [9.17, 15) is 9.59 Å². The predicted molar refractivity (Wildman–Crippen MR) is 135 cm³/mol. The van der Waals surface area contributed by atoms with Gasteiger partial charge in [0.2, 0.25) is 0 Å². The molecule has 5 nitrogen and oxygen atoms in total. The maximum absolute atomic E-state index is 13.5. The van der Waals surface area contributed by atoms with Gasteiger partial charge in [0.15, 0.2) is 5.78 Å². The molecule has 2 atom stereocenters. The molecule has 2 heterocycles. The first-order valence-electron chi connectivity index (χ1n) is 12.5.